The lowest BCUT2D eigenvalue weighted by atomic mass is 9.86. The Kier molecular flexibility index (Phi) is 12.8. The maximum Gasteiger partial charge on any atom is 0.472 e. The molecule has 2 unspecified atom stereocenters. The van der Waals surface area contributed by atoms with Gasteiger partial charge in [0.25, 0.3) is 5.91 Å². The van der Waals surface area contributed by atoms with Crippen molar-refractivity contribution in [2.24, 2.45) is 5.41 Å². The fourth-order valence-corrected chi connectivity index (χ4v) is 4.70. The molecule has 0 bridgehead atoms. The van der Waals surface area contributed by atoms with Crippen LogP contribution in [0.3, 0.4) is 0 Å². The van der Waals surface area contributed by atoms with E-state index in [1.54, 1.807) is 0 Å². The monoisotopic (exact) mass is 556 g/mol. The molecule has 208 valence electrons. The van der Waals surface area contributed by atoms with Crippen LogP contribution in [0.5, 0.6) is 0 Å². The molecule has 1 rings (SSSR count). The number of methoxy groups -OCH3 is 1. The first-order valence-corrected chi connectivity index (χ1v) is 14.0. The van der Waals surface area contributed by atoms with Crippen molar-refractivity contribution in [1.29, 1.82) is 0 Å². The van der Waals surface area contributed by atoms with Gasteiger partial charge in [-0.25, -0.2) is 4.57 Å². The van der Waals surface area contributed by atoms with Gasteiger partial charge in [0.2, 0.25) is 5.91 Å². The first kappa shape index (κ1) is 32.3. The van der Waals surface area contributed by atoms with Crippen LogP contribution in [0.4, 0.5) is 0 Å². The third kappa shape index (κ3) is 12.5. The van der Waals surface area contributed by atoms with Gasteiger partial charge in [-0.05, 0) is 0 Å². The highest BCUT2D eigenvalue weighted by Gasteiger charge is 2.42. The van der Waals surface area contributed by atoms with Crippen LogP contribution in [0, 0.1) is 5.41 Å². The number of hydrogen-bond acceptors (Lipinski definition) is 10. The van der Waals surface area contributed by atoms with Crippen molar-refractivity contribution < 1.29 is 51.6 Å². The number of phosphoric ester groups is 1. The molecule has 1 fully saturated rings. The first-order chi connectivity index (χ1) is 16.6. The number of esters is 2. The highest BCUT2D eigenvalue weighted by molar-refractivity contribution is 8.00. The number of phosphoric acid groups is 1. The summed E-state index contributed by atoms with van der Waals surface area (Å²) >= 11 is 1.08. The van der Waals surface area contributed by atoms with Crippen LogP contribution in [0.25, 0.3) is 0 Å². The highest BCUT2D eigenvalue weighted by atomic mass is 32.2. The second-order valence-corrected chi connectivity index (χ2v) is 12.7. The second kappa shape index (κ2) is 14.3. The Morgan fingerprint density at radius 2 is 1.86 bits per heavy atom. The number of amides is 2. The molecule has 0 aromatic heterocycles. The maximum absolute atomic E-state index is 13.0. The van der Waals surface area contributed by atoms with Gasteiger partial charge in [0.15, 0.2) is 6.10 Å². The van der Waals surface area contributed by atoms with Gasteiger partial charge in [0.05, 0.1) is 41.3 Å². The molecule has 1 aliphatic heterocycles. The van der Waals surface area contributed by atoms with Gasteiger partial charge in [0.1, 0.15) is 18.4 Å². The lowest BCUT2D eigenvalue weighted by molar-refractivity contribution is -0.870. The fraction of sp³-hybridized carbons (Fsp3) is 0.810. The molecule has 36 heavy (non-hydrogen) atoms. The lowest BCUT2D eigenvalue weighted by Gasteiger charge is -2.33. The molecule has 0 aromatic carbocycles. The number of carbonyl (C=O) groups excluding carboxylic acids is 4. The molecule has 1 saturated heterocycles. The minimum Gasteiger partial charge on any atom is -0.469 e. The maximum atomic E-state index is 13.0. The van der Waals surface area contributed by atoms with E-state index < -0.39 is 49.0 Å². The van der Waals surface area contributed by atoms with Crippen molar-refractivity contribution in [2.45, 2.75) is 38.0 Å². The zero-order chi connectivity index (χ0) is 27.6. The van der Waals surface area contributed by atoms with E-state index in [4.69, 9.17) is 13.8 Å². The van der Waals surface area contributed by atoms with Gasteiger partial charge in [-0.15, -0.1) is 11.8 Å². The largest absolute Gasteiger partial charge is 0.472 e. The van der Waals surface area contributed by atoms with Crippen molar-refractivity contribution in [3.63, 3.8) is 0 Å². The molecular formula is C21H39N3O10PS+. The quantitative estimate of drug-likeness (QED) is 0.189. The smallest absolute Gasteiger partial charge is 0.469 e. The minimum absolute atomic E-state index is 0.00551. The van der Waals surface area contributed by atoms with Crippen LogP contribution in [-0.4, -0.2) is 111 Å². The first-order valence-electron chi connectivity index (χ1n) is 11.4. The molecule has 0 spiro atoms. The topological polar surface area (TPSA) is 167 Å². The average molecular weight is 557 g/mol. The number of nitrogens with one attached hydrogen (secondary N) is 2. The molecule has 3 atom stereocenters. The van der Waals surface area contributed by atoms with Gasteiger partial charge in [-0.1, -0.05) is 13.8 Å². The summed E-state index contributed by atoms with van der Waals surface area (Å²) in [6, 6.07) is 0. The summed E-state index contributed by atoms with van der Waals surface area (Å²) in [5.41, 5.74) is -1.29. The molecule has 15 heteroatoms. The van der Waals surface area contributed by atoms with Crippen LogP contribution in [0.2, 0.25) is 0 Å². The van der Waals surface area contributed by atoms with E-state index in [2.05, 4.69) is 15.4 Å². The van der Waals surface area contributed by atoms with E-state index >= 15 is 0 Å². The Balaban J connectivity index is 3.04. The number of carbonyl (C=O) groups is 4. The molecule has 0 radical (unpaired) electrons. The van der Waals surface area contributed by atoms with Crippen LogP contribution < -0.4 is 10.6 Å². The van der Waals surface area contributed by atoms with E-state index in [-0.39, 0.29) is 38.4 Å². The molecule has 1 aliphatic rings. The number of thioether (sulfide) groups is 1. The van der Waals surface area contributed by atoms with Crippen molar-refractivity contribution in [3.8, 4) is 0 Å². The summed E-state index contributed by atoms with van der Waals surface area (Å²) in [6.07, 6.45) is -1.75. The molecule has 0 saturated carbocycles. The zero-order valence-corrected chi connectivity index (χ0v) is 23.4. The second-order valence-electron chi connectivity index (χ2n) is 9.93. The average Bonchev–Trinajstić information content (AvgIpc) is 2.77. The summed E-state index contributed by atoms with van der Waals surface area (Å²) in [7, 11) is 2.40. The van der Waals surface area contributed by atoms with Crippen LogP contribution in [-0.2, 0) is 42.3 Å². The molecule has 2 amide bonds. The summed E-state index contributed by atoms with van der Waals surface area (Å²) in [5, 5.41) is 4.22. The molecular weight excluding hydrogens is 517 g/mol. The predicted molar refractivity (Wildman–Crippen MR) is 132 cm³/mol. The number of quaternary nitrogens is 1. The van der Waals surface area contributed by atoms with Crippen LogP contribution in [0.1, 0.15) is 26.7 Å². The summed E-state index contributed by atoms with van der Waals surface area (Å²) < 4.78 is 33.2. The highest BCUT2D eigenvalue weighted by Crippen LogP contribution is 2.45. The van der Waals surface area contributed by atoms with Crippen molar-refractivity contribution in [1.82, 2.24) is 10.6 Å². The molecule has 0 aromatic rings. The van der Waals surface area contributed by atoms with E-state index in [1.807, 2.05) is 21.1 Å². The molecule has 3 N–H and O–H groups in total. The fourth-order valence-electron chi connectivity index (χ4n) is 2.87. The number of hydrogen-bond donors (Lipinski definition) is 3. The molecule has 13 nitrogen and oxygen atoms in total. The number of rotatable bonds is 10. The van der Waals surface area contributed by atoms with Gasteiger partial charge >= 0.3 is 19.8 Å². The predicted octanol–water partition coefficient (Wildman–Crippen LogP) is 0.0652. The van der Waals surface area contributed by atoms with Crippen molar-refractivity contribution in [3.05, 3.63) is 0 Å². The zero-order valence-electron chi connectivity index (χ0n) is 21.7. The summed E-state index contributed by atoms with van der Waals surface area (Å²) in [4.78, 5) is 59.8. The number of nitrogens with zero attached hydrogens (tertiary/aromatic N) is 1. The number of cyclic esters (lactones) is 1. The van der Waals surface area contributed by atoms with Crippen LogP contribution >= 0.6 is 19.6 Å². The van der Waals surface area contributed by atoms with Crippen molar-refractivity contribution >= 4 is 43.3 Å². The van der Waals surface area contributed by atoms with Crippen molar-refractivity contribution in [2.75, 3.05) is 66.9 Å². The minimum atomic E-state index is -4.46. The molecule has 0 aliphatic carbocycles. The van der Waals surface area contributed by atoms with Gasteiger partial charge in [-0.2, -0.15) is 0 Å². The summed E-state index contributed by atoms with van der Waals surface area (Å²) in [6.45, 7) is 3.23. The SMILES string of the molecule is COC(=O)CC1SCCNC(=O)CCNC(=O)[C@@H](C(C)(C)COP(=O)(O)OCC[N+](C)(C)C)OC1=O. The lowest BCUT2D eigenvalue weighted by Crippen LogP contribution is -2.50. The van der Waals surface area contributed by atoms with E-state index in [1.165, 1.54) is 21.0 Å². The normalized spacial score (nSPS) is 22.6. The Bertz CT molecular complexity index is 833. The number of likely N-dealkylation sites (N-methyl/N-ethyl adjacent to an activating group) is 1. The third-order valence-corrected chi connectivity index (χ3v) is 7.20. The van der Waals surface area contributed by atoms with Gasteiger partial charge in [0, 0.05) is 30.7 Å². The van der Waals surface area contributed by atoms with E-state index in [0.29, 0.717) is 16.8 Å². The summed E-state index contributed by atoms with van der Waals surface area (Å²) in [5.74, 6) is -2.17. The Hall–Kier alpha value is -1.70. The number of ether oxygens (including phenoxy) is 2. The van der Waals surface area contributed by atoms with E-state index in [0.717, 1.165) is 11.8 Å². The van der Waals surface area contributed by atoms with Crippen LogP contribution in [0.15, 0.2) is 0 Å². The Morgan fingerprint density at radius 3 is 2.47 bits per heavy atom. The Labute approximate surface area is 216 Å². The van der Waals surface area contributed by atoms with E-state index in [9.17, 15) is 28.6 Å². The van der Waals surface area contributed by atoms with Gasteiger partial charge in [-0.3, -0.25) is 28.2 Å². The third-order valence-electron chi connectivity index (χ3n) is 5.04. The molecule has 1 heterocycles. The van der Waals surface area contributed by atoms with Gasteiger partial charge < -0.3 is 29.5 Å². The Morgan fingerprint density at radius 1 is 1.19 bits per heavy atom. The standard InChI is InChI=1S/C21H38N3O10PS/c1-21(2,14-33-35(29,30)32-11-10-24(3,4)5)18-19(27)23-8-7-16(25)22-9-12-36-15(20(28)34-18)13-17(26)31-6/h15,18H,7-14H2,1-6H3,(H2-,22,23,25,27,29,30)/p+1/t15?,18-/m0/s1.